The fraction of sp³-hybridized carbons (Fsp3) is 0.240. The van der Waals surface area contributed by atoms with Crippen LogP contribution < -0.4 is 0 Å². The van der Waals surface area contributed by atoms with Crippen molar-refractivity contribution in [3.8, 4) is 28.3 Å². The number of nitrogens with zero attached hydrogens (tertiary/aromatic N) is 2. The molecule has 0 bridgehead atoms. The molecular formula is C25H22N2. The molecule has 0 saturated heterocycles. The SMILES string of the molecule is Cc1cccc(C#N)c1-c1cccc2c1-c1cccc3c1C(C2)N(C)CC3. The van der Waals surface area contributed by atoms with Crippen LogP contribution in [0.5, 0.6) is 0 Å². The lowest BCUT2D eigenvalue weighted by Gasteiger charge is -2.40. The van der Waals surface area contributed by atoms with Gasteiger partial charge in [-0.2, -0.15) is 5.26 Å². The minimum atomic E-state index is 0.458. The summed E-state index contributed by atoms with van der Waals surface area (Å²) in [7, 11) is 2.24. The Hall–Kier alpha value is -2.89. The minimum absolute atomic E-state index is 0.458. The van der Waals surface area contributed by atoms with Crippen molar-refractivity contribution in [3.05, 3.63) is 82.4 Å². The minimum Gasteiger partial charge on any atom is -0.299 e. The number of nitriles is 1. The van der Waals surface area contributed by atoms with Gasteiger partial charge in [-0.15, -0.1) is 0 Å². The molecule has 0 spiro atoms. The van der Waals surface area contributed by atoms with Crippen molar-refractivity contribution >= 4 is 0 Å². The van der Waals surface area contributed by atoms with Crippen LogP contribution in [0.1, 0.15) is 33.9 Å². The molecule has 0 fully saturated rings. The zero-order chi connectivity index (χ0) is 18.5. The number of aryl methyl sites for hydroxylation is 1. The molecule has 2 aliphatic rings. The molecule has 0 aromatic heterocycles. The first kappa shape index (κ1) is 16.3. The summed E-state index contributed by atoms with van der Waals surface area (Å²) in [5.41, 5.74) is 11.3. The number of likely N-dealkylation sites (N-methyl/N-ethyl adjacent to an activating group) is 1. The molecule has 132 valence electrons. The Balaban J connectivity index is 1.84. The highest BCUT2D eigenvalue weighted by atomic mass is 15.1. The summed E-state index contributed by atoms with van der Waals surface area (Å²) < 4.78 is 0. The molecule has 1 aliphatic carbocycles. The first-order chi connectivity index (χ1) is 13.2. The van der Waals surface area contributed by atoms with Gasteiger partial charge in [-0.1, -0.05) is 48.5 Å². The highest BCUT2D eigenvalue weighted by Gasteiger charge is 2.33. The average Bonchev–Trinajstić information content (AvgIpc) is 2.70. The highest BCUT2D eigenvalue weighted by Crippen LogP contribution is 2.48. The van der Waals surface area contributed by atoms with Crippen molar-refractivity contribution in [2.45, 2.75) is 25.8 Å². The molecule has 2 heteroatoms. The molecule has 0 radical (unpaired) electrons. The van der Waals surface area contributed by atoms with E-state index in [0.29, 0.717) is 6.04 Å². The second-order valence-electron chi connectivity index (χ2n) is 7.78. The maximum absolute atomic E-state index is 9.71. The Bertz CT molecular complexity index is 1100. The first-order valence-electron chi connectivity index (χ1n) is 9.63. The fourth-order valence-electron chi connectivity index (χ4n) is 5.00. The Morgan fingerprint density at radius 1 is 0.926 bits per heavy atom. The van der Waals surface area contributed by atoms with Gasteiger partial charge >= 0.3 is 0 Å². The first-order valence-corrected chi connectivity index (χ1v) is 9.63. The normalized spacial score (nSPS) is 17.7. The lowest BCUT2D eigenvalue weighted by atomic mass is 9.74. The predicted octanol–water partition coefficient (Wildman–Crippen LogP) is 5.29. The number of hydrogen-bond acceptors (Lipinski definition) is 2. The molecule has 2 nitrogen and oxygen atoms in total. The van der Waals surface area contributed by atoms with Crippen LogP contribution in [-0.2, 0) is 12.8 Å². The van der Waals surface area contributed by atoms with Crippen molar-refractivity contribution in [1.29, 1.82) is 5.26 Å². The lowest BCUT2D eigenvalue weighted by Crippen LogP contribution is -2.35. The quantitative estimate of drug-likeness (QED) is 0.596. The van der Waals surface area contributed by atoms with Crippen LogP contribution in [0.15, 0.2) is 54.6 Å². The highest BCUT2D eigenvalue weighted by molar-refractivity contribution is 5.91. The van der Waals surface area contributed by atoms with E-state index in [1.165, 1.54) is 33.4 Å². The van der Waals surface area contributed by atoms with E-state index in [1.807, 2.05) is 12.1 Å². The summed E-state index contributed by atoms with van der Waals surface area (Å²) in [4.78, 5) is 2.50. The van der Waals surface area contributed by atoms with E-state index in [0.717, 1.165) is 36.1 Å². The third-order valence-corrected chi connectivity index (χ3v) is 6.29. The predicted molar refractivity (Wildman–Crippen MR) is 110 cm³/mol. The van der Waals surface area contributed by atoms with Gasteiger partial charge in [-0.25, -0.2) is 0 Å². The van der Waals surface area contributed by atoms with Crippen LogP contribution in [0.25, 0.3) is 22.3 Å². The zero-order valence-corrected chi connectivity index (χ0v) is 15.8. The molecule has 1 heterocycles. The Labute approximate surface area is 160 Å². The van der Waals surface area contributed by atoms with E-state index in [2.05, 4.69) is 67.4 Å². The molecule has 1 unspecified atom stereocenters. The fourth-order valence-corrected chi connectivity index (χ4v) is 5.00. The molecule has 27 heavy (non-hydrogen) atoms. The van der Waals surface area contributed by atoms with Gasteiger partial charge in [0, 0.05) is 18.2 Å². The van der Waals surface area contributed by atoms with Gasteiger partial charge in [0.15, 0.2) is 0 Å². The summed E-state index contributed by atoms with van der Waals surface area (Å²) in [6.07, 6.45) is 2.15. The van der Waals surface area contributed by atoms with Crippen LogP contribution in [0, 0.1) is 18.3 Å². The Morgan fingerprint density at radius 3 is 2.48 bits per heavy atom. The van der Waals surface area contributed by atoms with Crippen molar-refractivity contribution < 1.29 is 0 Å². The van der Waals surface area contributed by atoms with Crippen molar-refractivity contribution in [1.82, 2.24) is 4.90 Å². The average molecular weight is 350 g/mol. The maximum atomic E-state index is 9.71. The number of rotatable bonds is 1. The topological polar surface area (TPSA) is 27.0 Å². The van der Waals surface area contributed by atoms with Crippen molar-refractivity contribution in [3.63, 3.8) is 0 Å². The van der Waals surface area contributed by atoms with Crippen LogP contribution >= 0.6 is 0 Å². The Kier molecular flexibility index (Phi) is 3.67. The Morgan fingerprint density at radius 2 is 1.67 bits per heavy atom. The maximum Gasteiger partial charge on any atom is 0.0998 e. The summed E-state index contributed by atoms with van der Waals surface area (Å²) in [6.45, 7) is 3.22. The van der Waals surface area contributed by atoms with E-state index < -0.39 is 0 Å². The molecule has 1 aliphatic heterocycles. The van der Waals surface area contributed by atoms with E-state index >= 15 is 0 Å². The van der Waals surface area contributed by atoms with E-state index in [1.54, 1.807) is 0 Å². The van der Waals surface area contributed by atoms with E-state index in [4.69, 9.17) is 0 Å². The van der Waals surface area contributed by atoms with Gasteiger partial charge in [0.25, 0.3) is 0 Å². The third kappa shape index (κ3) is 2.36. The summed E-state index contributed by atoms with van der Waals surface area (Å²) in [5, 5.41) is 9.71. The molecule has 3 aromatic rings. The van der Waals surface area contributed by atoms with Crippen LogP contribution in [0.4, 0.5) is 0 Å². The standard InChI is InChI=1S/C25H22N2/c1-16-6-3-9-19(15-26)23(16)20-10-5-8-18-14-22-25-17(12-13-27(22)2)7-4-11-21(25)24(18)20/h3-11,22H,12-14H2,1-2H3. The van der Waals surface area contributed by atoms with E-state index in [-0.39, 0.29) is 0 Å². The molecule has 0 N–H and O–H groups in total. The molecule has 3 aromatic carbocycles. The molecule has 1 atom stereocenters. The van der Waals surface area contributed by atoms with Gasteiger partial charge < -0.3 is 0 Å². The smallest absolute Gasteiger partial charge is 0.0998 e. The van der Waals surface area contributed by atoms with Crippen LogP contribution in [0.2, 0.25) is 0 Å². The molecule has 5 rings (SSSR count). The van der Waals surface area contributed by atoms with Crippen LogP contribution in [0.3, 0.4) is 0 Å². The van der Waals surface area contributed by atoms with Gasteiger partial charge in [0.05, 0.1) is 11.6 Å². The number of fused-ring (bicyclic) bond motifs is 2. The van der Waals surface area contributed by atoms with Gasteiger partial charge in [0.2, 0.25) is 0 Å². The van der Waals surface area contributed by atoms with E-state index in [9.17, 15) is 5.26 Å². The zero-order valence-electron chi connectivity index (χ0n) is 15.8. The van der Waals surface area contributed by atoms with Crippen LogP contribution in [-0.4, -0.2) is 18.5 Å². The summed E-state index contributed by atoms with van der Waals surface area (Å²) in [6, 6.07) is 22.3. The van der Waals surface area contributed by atoms with Gasteiger partial charge in [0.1, 0.15) is 0 Å². The summed E-state index contributed by atoms with van der Waals surface area (Å²) in [5.74, 6) is 0. The van der Waals surface area contributed by atoms with Gasteiger partial charge in [-0.3, -0.25) is 4.90 Å². The van der Waals surface area contributed by atoms with Crippen molar-refractivity contribution in [2.24, 2.45) is 0 Å². The molecule has 0 saturated carbocycles. The van der Waals surface area contributed by atoms with Crippen molar-refractivity contribution in [2.75, 3.05) is 13.6 Å². The third-order valence-electron chi connectivity index (χ3n) is 6.29. The molecular weight excluding hydrogens is 328 g/mol. The number of hydrogen-bond donors (Lipinski definition) is 0. The second-order valence-corrected chi connectivity index (χ2v) is 7.78. The summed E-state index contributed by atoms with van der Waals surface area (Å²) >= 11 is 0. The van der Waals surface area contributed by atoms with Gasteiger partial charge in [-0.05, 0) is 71.8 Å². The molecule has 0 amide bonds. The number of benzene rings is 3. The lowest BCUT2D eigenvalue weighted by molar-refractivity contribution is 0.228. The monoisotopic (exact) mass is 350 g/mol. The second kappa shape index (κ2) is 6.08. The largest absolute Gasteiger partial charge is 0.299 e.